The van der Waals surface area contributed by atoms with Gasteiger partial charge in [-0.3, -0.25) is 0 Å². The average molecular weight is 378 g/mol. The lowest BCUT2D eigenvalue weighted by Gasteiger charge is -2.16. The van der Waals surface area contributed by atoms with Crippen LogP contribution in [-0.2, 0) is 23.7 Å². The van der Waals surface area contributed by atoms with Gasteiger partial charge in [0.25, 0.3) is 0 Å². The first-order valence-corrected chi connectivity index (χ1v) is 7.65. The normalized spacial score (nSPS) is 12.0. The first-order valence-electron chi connectivity index (χ1n) is 7.65. The van der Waals surface area contributed by atoms with Crippen molar-refractivity contribution in [1.82, 2.24) is 0 Å². The highest BCUT2D eigenvalue weighted by molar-refractivity contribution is 5.74. The molecule has 0 bridgehead atoms. The number of carboxylic acid groups (broad SMARTS) is 1. The molecule has 9 nitrogen and oxygen atoms in total. The van der Waals surface area contributed by atoms with Gasteiger partial charge in [-0.25, -0.2) is 9.18 Å². The van der Waals surface area contributed by atoms with Crippen LogP contribution >= 0.6 is 0 Å². The van der Waals surface area contributed by atoms with Crippen LogP contribution in [0.2, 0.25) is 0 Å². The molecule has 0 spiro atoms. The lowest BCUT2D eigenvalue weighted by atomic mass is 10.1. The number of aliphatic hydroxyl groups is 1. The number of carbonyl (C=O) groups is 1. The minimum absolute atomic E-state index is 0.0309. The van der Waals surface area contributed by atoms with Crippen LogP contribution in [0.25, 0.3) is 0 Å². The Morgan fingerprint density at radius 1 is 1.04 bits per heavy atom. The predicted octanol–water partition coefficient (Wildman–Crippen LogP) is 0.942. The fourth-order valence-electron chi connectivity index (χ4n) is 1.75. The Hall–Kier alpha value is -1.98. The van der Waals surface area contributed by atoms with Crippen molar-refractivity contribution in [3.8, 4) is 11.5 Å². The van der Waals surface area contributed by atoms with Gasteiger partial charge in [0, 0.05) is 19.8 Å². The summed E-state index contributed by atoms with van der Waals surface area (Å²) in [6, 6.07) is 2.37. The Morgan fingerprint density at radius 2 is 1.62 bits per heavy atom. The SMILES string of the molecule is COCCOCOc1ccc(C(O)C(=O)O)c(F)c1OCOCCOC. The molecule has 1 aromatic rings. The summed E-state index contributed by atoms with van der Waals surface area (Å²) in [6.07, 6.45) is -2.04. The van der Waals surface area contributed by atoms with E-state index in [4.69, 9.17) is 33.5 Å². The Labute approximate surface area is 150 Å². The number of methoxy groups -OCH3 is 2. The Morgan fingerprint density at radius 3 is 2.15 bits per heavy atom. The molecule has 0 aliphatic rings. The maximum absolute atomic E-state index is 14.6. The summed E-state index contributed by atoms with van der Waals surface area (Å²) in [5, 5.41) is 18.4. The van der Waals surface area contributed by atoms with Crippen LogP contribution in [-0.4, -0.2) is 70.4 Å². The number of halogens is 1. The minimum atomic E-state index is -2.04. The third-order valence-electron chi connectivity index (χ3n) is 3.07. The van der Waals surface area contributed by atoms with Crippen molar-refractivity contribution in [3.05, 3.63) is 23.5 Å². The first-order chi connectivity index (χ1) is 12.5. The standard InChI is InChI=1S/C16H23FO9/c1-21-5-7-23-9-25-12-4-3-11(14(18)16(19)20)13(17)15(12)26-10-24-8-6-22-2/h3-4,14,18H,5-10H2,1-2H3,(H,19,20). The van der Waals surface area contributed by atoms with Crippen molar-refractivity contribution < 1.29 is 47.8 Å². The van der Waals surface area contributed by atoms with E-state index >= 15 is 0 Å². The number of benzene rings is 1. The van der Waals surface area contributed by atoms with E-state index in [-0.39, 0.29) is 32.5 Å². The molecule has 0 saturated carbocycles. The largest absolute Gasteiger partial charge is 0.479 e. The number of aliphatic hydroxyl groups excluding tert-OH is 1. The molecule has 1 rings (SSSR count). The molecule has 148 valence electrons. The number of hydrogen-bond donors (Lipinski definition) is 2. The molecule has 1 aromatic carbocycles. The Bertz CT molecular complexity index is 553. The minimum Gasteiger partial charge on any atom is -0.479 e. The van der Waals surface area contributed by atoms with E-state index in [0.29, 0.717) is 13.2 Å². The third-order valence-corrected chi connectivity index (χ3v) is 3.07. The zero-order valence-electron chi connectivity index (χ0n) is 14.6. The molecule has 0 radical (unpaired) electrons. The molecule has 0 amide bonds. The third kappa shape index (κ3) is 7.10. The highest BCUT2D eigenvalue weighted by Gasteiger charge is 2.25. The highest BCUT2D eigenvalue weighted by atomic mass is 19.1. The molecular weight excluding hydrogens is 355 g/mol. The summed E-state index contributed by atoms with van der Waals surface area (Å²) >= 11 is 0. The average Bonchev–Trinajstić information content (AvgIpc) is 2.62. The van der Waals surface area contributed by atoms with Crippen LogP contribution in [0.4, 0.5) is 4.39 Å². The first kappa shape index (κ1) is 22.1. The van der Waals surface area contributed by atoms with Crippen molar-refractivity contribution >= 4 is 5.97 Å². The van der Waals surface area contributed by atoms with Crippen molar-refractivity contribution in [2.75, 3.05) is 54.2 Å². The van der Waals surface area contributed by atoms with E-state index in [1.807, 2.05) is 0 Å². The summed E-state index contributed by atoms with van der Waals surface area (Å²) in [6.45, 7) is 0.633. The molecule has 0 saturated heterocycles. The van der Waals surface area contributed by atoms with Crippen molar-refractivity contribution in [2.24, 2.45) is 0 Å². The molecule has 0 fully saturated rings. The van der Waals surface area contributed by atoms with Gasteiger partial charge < -0.3 is 38.6 Å². The van der Waals surface area contributed by atoms with Crippen LogP contribution in [0.5, 0.6) is 11.5 Å². The lowest BCUT2D eigenvalue weighted by molar-refractivity contribution is -0.147. The second-order valence-electron chi connectivity index (χ2n) is 4.86. The van der Waals surface area contributed by atoms with Gasteiger partial charge in [-0.05, 0) is 12.1 Å². The van der Waals surface area contributed by atoms with Gasteiger partial charge in [-0.1, -0.05) is 0 Å². The van der Waals surface area contributed by atoms with Crippen molar-refractivity contribution in [3.63, 3.8) is 0 Å². The number of ether oxygens (including phenoxy) is 6. The summed E-state index contributed by atoms with van der Waals surface area (Å²) in [7, 11) is 3.01. The molecule has 2 N–H and O–H groups in total. The monoisotopic (exact) mass is 378 g/mol. The Kier molecular flexibility index (Phi) is 10.5. The molecule has 10 heteroatoms. The molecule has 26 heavy (non-hydrogen) atoms. The quantitative estimate of drug-likeness (QED) is 0.361. The summed E-state index contributed by atoms with van der Waals surface area (Å²) in [4.78, 5) is 10.9. The van der Waals surface area contributed by atoms with Crippen LogP contribution in [0, 0.1) is 5.82 Å². The highest BCUT2D eigenvalue weighted by Crippen LogP contribution is 2.35. The fraction of sp³-hybridized carbons (Fsp3) is 0.562. The molecule has 0 aliphatic heterocycles. The second kappa shape index (κ2) is 12.4. The van der Waals surface area contributed by atoms with Gasteiger partial charge >= 0.3 is 5.97 Å². The zero-order valence-corrected chi connectivity index (χ0v) is 14.6. The van der Waals surface area contributed by atoms with E-state index < -0.39 is 29.2 Å². The molecule has 1 atom stereocenters. The van der Waals surface area contributed by atoms with Gasteiger partial charge in [-0.2, -0.15) is 0 Å². The smallest absolute Gasteiger partial charge is 0.337 e. The zero-order chi connectivity index (χ0) is 19.4. The van der Waals surface area contributed by atoms with Gasteiger partial charge in [0.1, 0.15) is 0 Å². The van der Waals surface area contributed by atoms with Crippen molar-refractivity contribution in [1.29, 1.82) is 0 Å². The maximum atomic E-state index is 14.6. The second-order valence-corrected chi connectivity index (χ2v) is 4.86. The number of hydrogen-bond acceptors (Lipinski definition) is 8. The Balaban J connectivity index is 2.85. The van der Waals surface area contributed by atoms with E-state index in [9.17, 15) is 14.3 Å². The van der Waals surface area contributed by atoms with Crippen LogP contribution < -0.4 is 9.47 Å². The van der Waals surface area contributed by atoms with E-state index in [0.717, 1.165) is 6.07 Å². The number of carboxylic acids is 1. The summed E-state index contributed by atoms with van der Waals surface area (Å²) < 4.78 is 44.9. The molecule has 0 heterocycles. The predicted molar refractivity (Wildman–Crippen MR) is 85.6 cm³/mol. The van der Waals surface area contributed by atoms with Gasteiger partial charge in [-0.15, -0.1) is 0 Å². The van der Waals surface area contributed by atoms with E-state index in [1.54, 1.807) is 0 Å². The van der Waals surface area contributed by atoms with Gasteiger partial charge in [0.05, 0.1) is 26.4 Å². The molecule has 0 aromatic heterocycles. The van der Waals surface area contributed by atoms with Crippen molar-refractivity contribution in [2.45, 2.75) is 6.10 Å². The topological polar surface area (TPSA) is 113 Å². The van der Waals surface area contributed by atoms with Gasteiger partial charge in [0.15, 0.2) is 31.3 Å². The van der Waals surface area contributed by atoms with Crippen LogP contribution in [0.1, 0.15) is 11.7 Å². The number of rotatable bonds is 14. The summed E-state index contributed by atoms with van der Waals surface area (Å²) in [5.74, 6) is -3.08. The van der Waals surface area contributed by atoms with E-state index in [2.05, 4.69) is 0 Å². The molecule has 0 aliphatic carbocycles. The summed E-state index contributed by atoms with van der Waals surface area (Å²) in [5.41, 5.74) is -0.461. The molecular formula is C16H23FO9. The number of aliphatic carboxylic acids is 1. The van der Waals surface area contributed by atoms with Crippen LogP contribution in [0.3, 0.4) is 0 Å². The maximum Gasteiger partial charge on any atom is 0.337 e. The fourth-order valence-corrected chi connectivity index (χ4v) is 1.75. The van der Waals surface area contributed by atoms with Crippen LogP contribution in [0.15, 0.2) is 12.1 Å². The van der Waals surface area contributed by atoms with Gasteiger partial charge in [0.2, 0.25) is 5.75 Å². The van der Waals surface area contributed by atoms with E-state index in [1.165, 1.54) is 20.3 Å². The molecule has 1 unspecified atom stereocenters. The lowest BCUT2D eigenvalue weighted by Crippen LogP contribution is -2.15.